The van der Waals surface area contributed by atoms with Crippen LogP contribution in [0.4, 0.5) is 0 Å². The molecule has 0 spiro atoms. The Labute approximate surface area is 159 Å². The first-order valence-electron chi connectivity index (χ1n) is 9.55. The molecule has 1 saturated carbocycles. The van der Waals surface area contributed by atoms with Gasteiger partial charge in [-0.1, -0.05) is 43.7 Å². The average molecular weight is 380 g/mol. The molecule has 26 heavy (non-hydrogen) atoms. The number of fused-ring (bicyclic) bond motifs is 1. The average Bonchev–Trinajstić information content (AvgIpc) is 2.91. The summed E-state index contributed by atoms with van der Waals surface area (Å²) in [6.45, 7) is 0.842. The van der Waals surface area contributed by atoms with E-state index in [0.717, 1.165) is 18.4 Å². The Balaban J connectivity index is 1.68. The van der Waals surface area contributed by atoms with Crippen molar-refractivity contribution in [3.8, 4) is 5.75 Å². The zero-order valence-electron chi connectivity index (χ0n) is 15.0. The van der Waals surface area contributed by atoms with Crippen molar-refractivity contribution in [3.63, 3.8) is 0 Å². The number of hydrogen-bond donors (Lipinski definition) is 1. The van der Waals surface area contributed by atoms with Crippen molar-refractivity contribution in [2.24, 2.45) is 0 Å². The number of carboxylic acid groups (broad SMARTS) is 1. The van der Waals surface area contributed by atoms with Gasteiger partial charge in [-0.2, -0.15) is 0 Å². The van der Waals surface area contributed by atoms with E-state index in [1.54, 1.807) is 12.1 Å². The molecule has 0 bridgehead atoms. The number of carboxylic acids is 1. The van der Waals surface area contributed by atoms with E-state index < -0.39 is 5.97 Å². The lowest BCUT2D eigenvalue weighted by Crippen LogP contribution is -2.35. The predicted molar refractivity (Wildman–Crippen MR) is 99.8 cm³/mol. The molecule has 6 heteroatoms. The molecule has 1 aromatic carbocycles. The Bertz CT molecular complexity index is 668. The number of nitrogens with zero attached hydrogens (tertiary/aromatic N) is 1. The molecule has 0 radical (unpaired) electrons. The highest BCUT2D eigenvalue weighted by Crippen LogP contribution is 2.38. The minimum absolute atomic E-state index is 0.0660. The van der Waals surface area contributed by atoms with E-state index in [0.29, 0.717) is 41.9 Å². The molecule has 1 heterocycles. The number of benzene rings is 1. The van der Waals surface area contributed by atoms with Crippen molar-refractivity contribution < 1.29 is 19.4 Å². The quantitative estimate of drug-likeness (QED) is 0.730. The summed E-state index contributed by atoms with van der Waals surface area (Å²) in [4.78, 5) is 25.4. The summed E-state index contributed by atoms with van der Waals surface area (Å²) in [6, 6.07) is 3.81. The van der Waals surface area contributed by atoms with Gasteiger partial charge in [-0.05, 0) is 31.4 Å². The van der Waals surface area contributed by atoms with Gasteiger partial charge in [0.1, 0.15) is 5.75 Å². The van der Waals surface area contributed by atoms with E-state index in [1.165, 1.54) is 32.1 Å². The Kier molecular flexibility index (Phi) is 6.41. The number of carbonyl (C=O) groups excluding carboxylic acids is 1. The molecule has 142 valence electrons. The van der Waals surface area contributed by atoms with E-state index in [4.69, 9.17) is 21.4 Å². The molecule has 1 N–H and O–H groups in total. The molecule has 0 unspecified atom stereocenters. The van der Waals surface area contributed by atoms with Crippen LogP contribution < -0.4 is 4.74 Å². The largest absolute Gasteiger partial charge is 0.492 e. The molecule has 0 atom stereocenters. The highest BCUT2D eigenvalue weighted by molar-refractivity contribution is 6.33. The van der Waals surface area contributed by atoms with E-state index in [9.17, 15) is 9.59 Å². The smallest absolute Gasteiger partial charge is 0.303 e. The maximum atomic E-state index is 12.9. The van der Waals surface area contributed by atoms with Crippen LogP contribution in [0, 0.1) is 0 Å². The first-order valence-corrected chi connectivity index (χ1v) is 9.92. The van der Waals surface area contributed by atoms with Gasteiger partial charge in [-0.3, -0.25) is 9.59 Å². The first kappa shape index (κ1) is 19.0. The zero-order valence-corrected chi connectivity index (χ0v) is 15.8. The van der Waals surface area contributed by atoms with Crippen molar-refractivity contribution in [2.75, 3.05) is 6.61 Å². The molecule has 0 saturated heterocycles. The molecule has 2 aliphatic rings. The van der Waals surface area contributed by atoms with Crippen LogP contribution in [0.1, 0.15) is 73.7 Å². The van der Waals surface area contributed by atoms with Gasteiger partial charge < -0.3 is 14.7 Å². The highest BCUT2D eigenvalue weighted by Gasteiger charge is 2.34. The molecule has 5 nitrogen and oxygen atoms in total. The summed E-state index contributed by atoms with van der Waals surface area (Å²) in [5.74, 6) is -0.234. The van der Waals surface area contributed by atoms with Gasteiger partial charge in [0.25, 0.3) is 5.91 Å². The van der Waals surface area contributed by atoms with Crippen molar-refractivity contribution >= 4 is 23.5 Å². The monoisotopic (exact) mass is 379 g/mol. The Morgan fingerprint density at radius 3 is 2.58 bits per heavy atom. The maximum Gasteiger partial charge on any atom is 0.303 e. The van der Waals surface area contributed by atoms with Gasteiger partial charge in [-0.25, -0.2) is 0 Å². The van der Waals surface area contributed by atoms with Gasteiger partial charge in [0.05, 0.1) is 11.6 Å². The number of amides is 1. The van der Waals surface area contributed by atoms with Crippen LogP contribution in [0.5, 0.6) is 5.75 Å². The summed E-state index contributed by atoms with van der Waals surface area (Å²) >= 11 is 6.50. The summed E-state index contributed by atoms with van der Waals surface area (Å²) in [6.07, 6.45) is 8.78. The second kappa shape index (κ2) is 8.76. The van der Waals surface area contributed by atoms with Crippen LogP contribution in [0.2, 0.25) is 5.02 Å². The highest BCUT2D eigenvalue weighted by atomic mass is 35.5. The zero-order chi connectivity index (χ0) is 18.5. The summed E-state index contributed by atoms with van der Waals surface area (Å²) in [7, 11) is 0. The molecule has 1 aliphatic heterocycles. The third-order valence-corrected chi connectivity index (χ3v) is 5.75. The van der Waals surface area contributed by atoms with Gasteiger partial charge in [0.15, 0.2) is 0 Å². The topological polar surface area (TPSA) is 66.8 Å². The molecule has 3 rings (SSSR count). The number of ether oxygens (including phenoxy) is 1. The lowest BCUT2D eigenvalue weighted by atomic mass is 9.96. The number of rotatable bonds is 6. The Hall–Kier alpha value is -1.75. The van der Waals surface area contributed by atoms with Crippen LogP contribution >= 0.6 is 11.6 Å². The molecule has 1 aliphatic carbocycles. The number of halogens is 1. The fraction of sp³-hybridized carbons (Fsp3) is 0.600. The molecule has 1 fully saturated rings. The normalized spacial score (nSPS) is 18.3. The molecular weight excluding hydrogens is 354 g/mol. The SMILES string of the molecule is O=C(O)CCCOc1ccc2c(c1Cl)CN(C1CCCCCCC1)C2=O. The standard InChI is InChI=1S/C20H26ClNO4/c21-19-16-13-22(14-7-4-2-1-3-5-8-14)20(25)15(16)10-11-17(19)26-12-6-9-18(23)24/h10-11,14H,1-9,12-13H2,(H,23,24). The third-order valence-electron chi connectivity index (χ3n) is 5.34. The first-order chi connectivity index (χ1) is 12.6. The summed E-state index contributed by atoms with van der Waals surface area (Å²) in [5, 5.41) is 9.17. The number of hydrogen-bond acceptors (Lipinski definition) is 3. The Morgan fingerprint density at radius 2 is 1.88 bits per heavy atom. The van der Waals surface area contributed by atoms with Crippen molar-refractivity contribution in [1.29, 1.82) is 0 Å². The van der Waals surface area contributed by atoms with Crippen molar-refractivity contribution in [1.82, 2.24) is 4.90 Å². The lowest BCUT2D eigenvalue weighted by molar-refractivity contribution is -0.137. The van der Waals surface area contributed by atoms with Gasteiger partial charge >= 0.3 is 5.97 Å². The van der Waals surface area contributed by atoms with Crippen LogP contribution in [-0.4, -0.2) is 34.5 Å². The van der Waals surface area contributed by atoms with Crippen LogP contribution in [-0.2, 0) is 11.3 Å². The fourth-order valence-corrected chi connectivity index (χ4v) is 4.19. The summed E-state index contributed by atoms with van der Waals surface area (Å²) < 4.78 is 5.64. The van der Waals surface area contributed by atoms with Crippen LogP contribution in [0.15, 0.2) is 12.1 Å². The van der Waals surface area contributed by atoms with E-state index in [1.807, 2.05) is 4.90 Å². The predicted octanol–water partition coefficient (Wildman–Crippen LogP) is 4.65. The van der Waals surface area contributed by atoms with Crippen LogP contribution in [0.25, 0.3) is 0 Å². The molecule has 0 aromatic heterocycles. The Morgan fingerprint density at radius 1 is 1.19 bits per heavy atom. The minimum atomic E-state index is -0.839. The third kappa shape index (κ3) is 4.32. The molecule has 1 amide bonds. The van der Waals surface area contributed by atoms with Gasteiger partial charge in [0.2, 0.25) is 0 Å². The van der Waals surface area contributed by atoms with E-state index in [-0.39, 0.29) is 12.3 Å². The van der Waals surface area contributed by atoms with Gasteiger partial charge in [-0.15, -0.1) is 0 Å². The van der Waals surface area contributed by atoms with Gasteiger partial charge in [0, 0.05) is 30.1 Å². The number of aliphatic carboxylic acids is 1. The van der Waals surface area contributed by atoms with Crippen molar-refractivity contribution in [2.45, 2.75) is 70.4 Å². The second-order valence-electron chi connectivity index (χ2n) is 7.18. The minimum Gasteiger partial charge on any atom is -0.492 e. The number of carbonyl (C=O) groups is 2. The van der Waals surface area contributed by atoms with E-state index in [2.05, 4.69) is 0 Å². The summed E-state index contributed by atoms with van der Waals surface area (Å²) in [5.41, 5.74) is 1.52. The maximum absolute atomic E-state index is 12.9. The molecule has 1 aromatic rings. The van der Waals surface area contributed by atoms with Crippen molar-refractivity contribution in [3.05, 3.63) is 28.3 Å². The molecular formula is C20H26ClNO4. The fourth-order valence-electron chi connectivity index (χ4n) is 3.91. The van der Waals surface area contributed by atoms with E-state index >= 15 is 0 Å². The second-order valence-corrected chi connectivity index (χ2v) is 7.56. The lowest BCUT2D eigenvalue weighted by Gasteiger charge is -2.29. The van der Waals surface area contributed by atoms with Crippen LogP contribution in [0.3, 0.4) is 0 Å².